The predicted octanol–water partition coefficient (Wildman–Crippen LogP) is -1.76. The van der Waals surface area contributed by atoms with Crippen molar-refractivity contribution in [2.75, 3.05) is 26.4 Å². The molecule has 4 aliphatic rings. The molecule has 0 aromatic carbocycles. The van der Waals surface area contributed by atoms with Crippen LogP contribution in [0.3, 0.4) is 0 Å². The largest absolute Gasteiger partial charge is 0.463 e. The number of hydrogen-bond acceptors (Lipinski definition) is 35. The fourth-order valence-corrected chi connectivity index (χ4v) is 9.32. The van der Waals surface area contributed by atoms with E-state index in [9.17, 15) is 67.1 Å². The highest BCUT2D eigenvalue weighted by Gasteiger charge is 2.61. The van der Waals surface area contributed by atoms with E-state index in [1.165, 1.54) is 0 Å². The minimum absolute atomic E-state index is 0.746. The average molecular weight is 1260 g/mol. The van der Waals surface area contributed by atoms with Crippen LogP contribution in [0.2, 0.25) is 0 Å². The molecule has 4 aliphatic heterocycles. The van der Waals surface area contributed by atoms with Gasteiger partial charge in [-0.1, -0.05) is 0 Å². The Morgan fingerprint density at radius 2 is 0.425 bits per heavy atom. The molecular weight excluding hydrogens is 1180 g/mol. The first-order chi connectivity index (χ1) is 40.6. The second-order valence-electron chi connectivity index (χ2n) is 19.5. The van der Waals surface area contributed by atoms with E-state index in [-0.39, 0.29) is 0 Å². The molecule has 0 unspecified atom stereocenters. The number of carbonyl (C=O) groups excluding carboxylic acids is 14. The van der Waals surface area contributed by atoms with Gasteiger partial charge < -0.3 is 99.5 Å². The van der Waals surface area contributed by atoms with Crippen LogP contribution >= 0.6 is 0 Å². The zero-order valence-corrected chi connectivity index (χ0v) is 49.7. The van der Waals surface area contributed by atoms with Crippen molar-refractivity contribution < 1.29 is 167 Å². The van der Waals surface area contributed by atoms with Crippen LogP contribution in [0.25, 0.3) is 0 Å². The molecule has 35 heteroatoms. The van der Waals surface area contributed by atoms with Crippen molar-refractivity contribution in [2.24, 2.45) is 0 Å². The third-order valence-corrected chi connectivity index (χ3v) is 12.0. The molecule has 0 aromatic rings. The zero-order valence-electron chi connectivity index (χ0n) is 49.7. The molecule has 35 nitrogen and oxygen atoms in total. The summed E-state index contributed by atoms with van der Waals surface area (Å²) in [6.45, 7) is 9.61. The molecule has 87 heavy (non-hydrogen) atoms. The lowest BCUT2D eigenvalue weighted by Gasteiger charge is -2.50. The summed E-state index contributed by atoms with van der Waals surface area (Å²) in [5, 5.41) is 0. The van der Waals surface area contributed by atoms with E-state index in [1.54, 1.807) is 0 Å². The van der Waals surface area contributed by atoms with Gasteiger partial charge in [-0.05, 0) is 0 Å². The molecule has 4 rings (SSSR count). The van der Waals surface area contributed by atoms with Gasteiger partial charge in [0.25, 0.3) is 0 Å². The Balaban J connectivity index is 2.11. The molecule has 0 aliphatic carbocycles. The van der Waals surface area contributed by atoms with E-state index >= 15 is 0 Å². The second-order valence-corrected chi connectivity index (χ2v) is 19.5. The molecule has 0 aromatic heterocycles. The minimum Gasteiger partial charge on any atom is -0.463 e. The Bertz CT molecular complexity index is 2530. The van der Waals surface area contributed by atoms with Gasteiger partial charge in [-0.3, -0.25) is 67.1 Å². The standard InChI is InChI=1S/C52H70O35/c1-19(53)67-15-33-37(71-22(4)56)41(75-26(8)60)45(77-28(10)62)49(82-33)70-18-36-40(74-25(7)59)44(87-51-46(78-29(11)63)42(76-27(9)61)38(72-23(5)57)34(84-51)16-68-20(2)54)48(80-31(13)65)52(85-36)86-43-39(73-24(6)58)35(17-69-21(3)55)83-50(81-32(14)66)47(43)79-30(12)64/h33-52H,15-18H2,1-14H3/t33-,34-,35-,36-,37-,38-,39-,40-,41+,42+,43+,44+,45-,46-,47-,48-,49-,50-,51+,52+/m1/s1. The van der Waals surface area contributed by atoms with Gasteiger partial charge in [-0.2, -0.15) is 0 Å². The van der Waals surface area contributed by atoms with Gasteiger partial charge in [0.2, 0.25) is 6.29 Å². The summed E-state index contributed by atoms with van der Waals surface area (Å²) < 4.78 is 121. The van der Waals surface area contributed by atoms with Crippen LogP contribution in [0.1, 0.15) is 96.9 Å². The van der Waals surface area contributed by atoms with Crippen molar-refractivity contribution in [1.29, 1.82) is 0 Å². The zero-order chi connectivity index (χ0) is 65.3. The van der Waals surface area contributed by atoms with Crippen LogP contribution in [0.4, 0.5) is 0 Å². The van der Waals surface area contributed by atoms with E-state index in [2.05, 4.69) is 0 Å². The van der Waals surface area contributed by atoms with Crippen LogP contribution in [0.5, 0.6) is 0 Å². The summed E-state index contributed by atoms with van der Waals surface area (Å²) in [5.41, 5.74) is 0. The Labute approximate surface area is 495 Å². The molecule has 20 atom stereocenters. The molecule has 0 saturated carbocycles. The normalized spacial score (nSPS) is 31.9. The van der Waals surface area contributed by atoms with Crippen molar-refractivity contribution in [1.82, 2.24) is 0 Å². The number of rotatable bonds is 24. The monoisotopic (exact) mass is 1250 g/mol. The molecule has 0 radical (unpaired) electrons. The first-order valence-corrected chi connectivity index (χ1v) is 26.5. The van der Waals surface area contributed by atoms with Gasteiger partial charge in [0.15, 0.2) is 79.9 Å². The predicted molar refractivity (Wildman–Crippen MR) is 268 cm³/mol. The second kappa shape index (κ2) is 32.9. The van der Waals surface area contributed by atoms with E-state index < -0.39 is 233 Å². The Morgan fingerprint density at radius 3 is 0.713 bits per heavy atom. The number of hydrogen-bond donors (Lipinski definition) is 0. The lowest BCUT2D eigenvalue weighted by molar-refractivity contribution is -0.384. The van der Waals surface area contributed by atoms with Crippen molar-refractivity contribution >= 4 is 83.6 Å². The Hall–Kier alpha value is -7.70. The third-order valence-electron chi connectivity index (χ3n) is 12.0. The number of ether oxygens (including phenoxy) is 21. The summed E-state index contributed by atoms with van der Waals surface area (Å²) >= 11 is 0. The first kappa shape index (κ1) is 71.8. The molecule has 488 valence electrons. The van der Waals surface area contributed by atoms with Gasteiger partial charge in [0.05, 0.1) is 6.61 Å². The van der Waals surface area contributed by atoms with E-state index in [4.69, 9.17) is 99.5 Å². The molecule has 0 bridgehead atoms. The molecule has 0 amide bonds. The SMILES string of the molecule is CC(=O)OC[C@H]1O[C@@H](OC[C@H]2O[C@@H](O[C@@H]3[C@@H](OC(C)=O)[C@H](OC(C)=O)O[C@H](COC(C)=O)[C@H]3OC(C)=O)[C@H](OC(C)=O)[C@@H](O[C@@H]3O[C@H](COC(C)=O)[C@@H](OC(C)=O)[C@H](OC(C)=O)[C@H]3OC(C)=O)[C@@H]2OC(C)=O)[C@H](OC(C)=O)[C@@H](OC(C)=O)[C@@H]1OC(C)=O. The van der Waals surface area contributed by atoms with Gasteiger partial charge in [0.1, 0.15) is 56.4 Å². The maximum atomic E-state index is 13.5. The third kappa shape index (κ3) is 21.9. The van der Waals surface area contributed by atoms with E-state index in [0.717, 1.165) is 96.9 Å². The molecule has 4 saturated heterocycles. The Morgan fingerprint density at radius 1 is 0.218 bits per heavy atom. The van der Waals surface area contributed by atoms with Gasteiger partial charge >= 0.3 is 83.6 Å². The van der Waals surface area contributed by atoms with Crippen LogP contribution < -0.4 is 0 Å². The lowest BCUT2D eigenvalue weighted by Crippen LogP contribution is -2.69. The summed E-state index contributed by atoms with van der Waals surface area (Å²) in [6.07, 6.45) is -39.6. The van der Waals surface area contributed by atoms with Gasteiger partial charge in [-0.15, -0.1) is 0 Å². The van der Waals surface area contributed by atoms with Gasteiger partial charge in [0, 0.05) is 96.9 Å². The van der Waals surface area contributed by atoms with Crippen molar-refractivity contribution in [3.8, 4) is 0 Å². The highest BCUT2D eigenvalue weighted by Crippen LogP contribution is 2.39. The fourth-order valence-electron chi connectivity index (χ4n) is 9.32. The molecule has 4 fully saturated rings. The van der Waals surface area contributed by atoms with Crippen molar-refractivity contribution in [3.05, 3.63) is 0 Å². The molecular formula is C52H70O35. The molecule has 4 heterocycles. The smallest absolute Gasteiger partial charge is 0.305 e. The molecule has 0 N–H and O–H groups in total. The quantitative estimate of drug-likeness (QED) is 0.0763. The lowest BCUT2D eigenvalue weighted by atomic mass is 9.95. The number of esters is 14. The summed E-state index contributed by atoms with van der Waals surface area (Å²) in [6, 6.07) is 0. The fraction of sp³-hybridized carbons (Fsp3) is 0.731. The highest BCUT2D eigenvalue weighted by atomic mass is 16.8. The highest BCUT2D eigenvalue weighted by molar-refractivity contribution is 5.71. The summed E-state index contributed by atoms with van der Waals surface area (Å²) in [4.78, 5) is 179. The van der Waals surface area contributed by atoms with E-state index in [1.807, 2.05) is 0 Å². The van der Waals surface area contributed by atoms with Gasteiger partial charge in [-0.25, -0.2) is 0 Å². The molecule has 0 spiro atoms. The maximum Gasteiger partial charge on any atom is 0.305 e. The van der Waals surface area contributed by atoms with Crippen LogP contribution in [0, 0.1) is 0 Å². The minimum atomic E-state index is -2.35. The maximum absolute atomic E-state index is 13.5. The van der Waals surface area contributed by atoms with Crippen molar-refractivity contribution in [2.45, 2.75) is 220 Å². The van der Waals surface area contributed by atoms with Crippen LogP contribution in [-0.2, 0) is 167 Å². The first-order valence-electron chi connectivity index (χ1n) is 26.5. The average Bonchev–Trinajstić information content (AvgIpc) is 0.834. The van der Waals surface area contributed by atoms with Crippen LogP contribution in [-0.4, -0.2) is 233 Å². The van der Waals surface area contributed by atoms with Crippen LogP contribution in [0.15, 0.2) is 0 Å². The van der Waals surface area contributed by atoms with Crippen molar-refractivity contribution in [3.63, 3.8) is 0 Å². The number of carbonyl (C=O) groups is 14. The van der Waals surface area contributed by atoms with E-state index in [0.29, 0.717) is 0 Å². The Kier molecular flexibility index (Phi) is 27.1. The topological polar surface area (TPSA) is 433 Å². The summed E-state index contributed by atoms with van der Waals surface area (Å²) in [5.74, 6) is -14.7. The summed E-state index contributed by atoms with van der Waals surface area (Å²) in [7, 11) is 0.